The van der Waals surface area contributed by atoms with Crippen LogP contribution in [0.4, 0.5) is 0 Å². The average Bonchev–Trinajstić information content (AvgIpc) is 2.18. The van der Waals surface area contributed by atoms with Crippen LogP contribution >= 0.6 is 15.9 Å². The van der Waals surface area contributed by atoms with Gasteiger partial charge >= 0.3 is 0 Å². The molecule has 0 spiro atoms. The fraction of sp³-hybridized carbons (Fsp3) is 0.250. The van der Waals surface area contributed by atoms with Gasteiger partial charge in [-0.25, -0.2) is 0 Å². The highest BCUT2D eigenvalue weighted by molar-refractivity contribution is 9.10. The molecule has 1 aromatic rings. The summed E-state index contributed by atoms with van der Waals surface area (Å²) in [6, 6.07) is 7.52. The Bertz CT molecular complexity index is 331. The minimum Gasteiger partial charge on any atom is -0.294 e. The lowest BCUT2D eigenvalue weighted by molar-refractivity contribution is 0.0979. The maximum absolute atomic E-state index is 11.7. The second kappa shape index (κ2) is 5.76. The van der Waals surface area contributed by atoms with E-state index < -0.39 is 0 Å². The third kappa shape index (κ3) is 3.11. The van der Waals surface area contributed by atoms with E-state index in [4.69, 9.17) is 0 Å². The number of Topliss-reactive ketones (excluding diaryl/α,β-unsaturated/α-hetero) is 1. The molecule has 0 amide bonds. The summed E-state index contributed by atoms with van der Waals surface area (Å²) in [6.45, 7) is 3.63. The molecule has 0 aromatic heterocycles. The Morgan fingerprint density at radius 2 is 2.14 bits per heavy atom. The van der Waals surface area contributed by atoms with Gasteiger partial charge in [0.25, 0.3) is 0 Å². The van der Waals surface area contributed by atoms with Crippen LogP contribution in [-0.2, 0) is 0 Å². The summed E-state index contributed by atoms with van der Waals surface area (Å²) in [5.74, 6) is 0.194. The van der Waals surface area contributed by atoms with E-state index in [0.717, 1.165) is 22.9 Å². The number of carbonyl (C=O) groups excluding carboxylic acids is 1. The summed E-state index contributed by atoms with van der Waals surface area (Å²) < 4.78 is 0.878. The third-order valence-corrected chi connectivity index (χ3v) is 2.68. The van der Waals surface area contributed by atoms with Crippen LogP contribution in [-0.4, -0.2) is 5.78 Å². The molecule has 0 N–H and O–H groups in total. The first-order valence-electron chi connectivity index (χ1n) is 4.64. The molecule has 1 rings (SSSR count). The van der Waals surface area contributed by atoms with Crippen molar-refractivity contribution in [2.45, 2.75) is 19.3 Å². The predicted octanol–water partition coefficient (Wildman–Crippen LogP) is 3.99. The molecule has 74 valence electrons. The summed E-state index contributed by atoms with van der Waals surface area (Å²) in [5, 5.41) is 0. The van der Waals surface area contributed by atoms with Crippen molar-refractivity contribution in [1.29, 1.82) is 0 Å². The quantitative estimate of drug-likeness (QED) is 0.440. The Balaban J connectivity index is 2.60. The maximum Gasteiger partial charge on any atom is 0.164 e. The first-order valence-corrected chi connectivity index (χ1v) is 5.43. The van der Waals surface area contributed by atoms with Gasteiger partial charge < -0.3 is 0 Å². The lowest BCUT2D eigenvalue weighted by Crippen LogP contribution is -1.99. The van der Waals surface area contributed by atoms with E-state index in [1.54, 1.807) is 0 Å². The molecule has 0 saturated carbocycles. The third-order valence-electron chi connectivity index (χ3n) is 1.99. The van der Waals surface area contributed by atoms with Gasteiger partial charge in [0.2, 0.25) is 0 Å². The number of hydrogen-bond donors (Lipinski definition) is 0. The highest BCUT2D eigenvalue weighted by Crippen LogP contribution is 2.18. The second-order valence-electron chi connectivity index (χ2n) is 3.08. The Labute approximate surface area is 93.0 Å². The number of carbonyl (C=O) groups is 1. The molecular weight excluding hydrogens is 240 g/mol. The van der Waals surface area contributed by atoms with Crippen molar-refractivity contribution in [3.05, 3.63) is 47.0 Å². The lowest BCUT2D eigenvalue weighted by Gasteiger charge is -2.01. The Hall–Kier alpha value is -0.890. The minimum atomic E-state index is 0.194. The zero-order chi connectivity index (χ0) is 10.4. The van der Waals surface area contributed by atoms with Crippen LogP contribution in [0.3, 0.4) is 0 Å². The van der Waals surface area contributed by atoms with Crippen molar-refractivity contribution >= 4 is 21.7 Å². The Morgan fingerprint density at radius 1 is 1.43 bits per heavy atom. The normalized spacial score (nSPS) is 9.79. The van der Waals surface area contributed by atoms with Crippen LogP contribution in [0.2, 0.25) is 0 Å². The lowest BCUT2D eigenvalue weighted by atomic mass is 10.1. The minimum absolute atomic E-state index is 0.194. The van der Waals surface area contributed by atoms with Gasteiger partial charge in [0, 0.05) is 16.5 Å². The first-order chi connectivity index (χ1) is 6.75. The molecule has 1 aromatic carbocycles. The number of allylic oxidation sites excluding steroid dienone is 1. The molecule has 0 atom stereocenters. The molecule has 1 nitrogen and oxygen atoms in total. The smallest absolute Gasteiger partial charge is 0.164 e. The van der Waals surface area contributed by atoms with Gasteiger partial charge in [0.15, 0.2) is 5.78 Å². The fourth-order valence-corrected chi connectivity index (χ4v) is 1.73. The van der Waals surface area contributed by atoms with Gasteiger partial charge in [-0.2, -0.15) is 0 Å². The molecular formula is C12H13BrO. The summed E-state index contributed by atoms with van der Waals surface area (Å²) in [4.78, 5) is 11.7. The van der Waals surface area contributed by atoms with Crippen molar-refractivity contribution in [3.63, 3.8) is 0 Å². The molecule has 0 fully saturated rings. The SMILES string of the molecule is C=CCCCC(=O)c1ccccc1Br. The largest absolute Gasteiger partial charge is 0.294 e. The fourth-order valence-electron chi connectivity index (χ4n) is 1.23. The Morgan fingerprint density at radius 3 is 2.79 bits per heavy atom. The van der Waals surface area contributed by atoms with Crippen LogP contribution < -0.4 is 0 Å². The van der Waals surface area contributed by atoms with Crippen LogP contribution in [0, 0.1) is 0 Å². The van der Waals surface area contributed by atoms with Crippen molar-refractivity contribution in [3.8, 4) is 0 Å². The van der Waals surface area contributed by atoms with E-state index in [-0.39, 0.29) is 5.78 Å². The van der Waals surface area contributed by atoms with Crippen molar-refractivity contribution in [1.82, 2.24) is 0 Å². The van der Waals surface area contributed by atoms with Gasteiger partial charge in [-0.3, -0.25) is 4.79 Å². The molecule has 14 heavy (non-hydrogen) atoms. The standard InChI is InChI=1S/C12H13BrO/c1-2-3-4-9-12(14)10-7-5-6-8-11(10)13/h2,5-8H,1,3-4,9H2. The van der Waals surface area contributed by atoms with Crippen LogP contribution in [0.25, 0.3) is 0 Å². The van der Waals surface area contributed by atoms with Crippen molar-refractivity contribution in [2.24, 2.45) is 0 Å². The van der Waals surface area contributed by atoms with E-state index in [0.29, 0.717) is 6.42 Å². The van der Waals surface area contributed by atoms with E-state index in [1.807, 2.05) is 30.3 Å². The summed E-state index contributed by atoms with van der Waals surface area (Å²) >= 11 is 3.36. The molecule has 0 aliphatic heterocycles. The highest BCUT2D eigenvalue weighted by atomic mass is 79.9. The molecule has 0 aliphatic rings. The molecule has 2 heteroatoms. The van der Waals surface area contributed by atoms with Gasteiger partial charge in [-0.05, 0) is 18.9 Å². The van der Waals surface area contributed by atoms with Crippen molar-refractivity contribution in [2.75, 3.05) is 0 Å². The summed E-state index contributed by atoms with van der Waals surface area (Å²) in [7, 11) is 0. The van der Waals surface area contributed by atoms with E-state index in [9.17, 15) is 4.79 Å². The van der Waals surface area contributed by atoms with E-state index in [1.165, 1.54) is 0 Å². The van der Waals surface area contributed by atoms with Gasteiger partial charge in [-0.15, -0.1) is 6.58 Å². The summed E-state index contributed by atoms with van der Waals surface area (Å²) in [5.41, 5.74) is 0.775. The summed E-state index contributed by atoms with van der Waals surface area (Å²) in [6.07, 6.45) is 4.21. The monoisotopic (exact) mass is 252 g/mol. The van der Waals surface area contributed by atoms with E-state index >= 15 is 0 Å². The molecule has 0 unspecified atom stereocenters. The average molecular weight is 253 g/mol. The maximum atomic E-state index is 11.7. The van der Waals surface area contributed by atoms with Gasteiger partial charge in [0.1, 0.15) is 0 Å². The molecule has 0 saturated heterocycles. The van der Waals surface area contributed by atoms with E-state index in [2.05, 4.69) is 22.5 Å². The Kier molecular flexibility index (Phi) is 4.60. The molecule has 0 heterocycles. The highest BCUT2D eigenvalue weighted by Gasteiger charge is 2.07. The first kappa shape index (κ1) is 11.2. The number of rotatable bonds is 5. The number of halogens is 1. The van der Waals surface area contributed by atoms with Gasteiger partial charge in [-0.1, -0.05) is 40.2 Å². The molecule has 0 aliphatic carbocycles. The van der Waals surface area contributed by atoms with Crippen molar-refractivity contribution < 1.29 is 4.79 Å². The second-order valence-corrected chi connectivity index (χ2v) is 3.94. The van der Waals surface area contributed by atoms with Gasteiger partial charge in [0.05, 0.1) is 0 Å². The predicted molar refractivity (Wildman–Crippen MR) is 62.5 cm³/mol. The number of hydrogen-bond acceptors (Lipinski definition) is 1. The number of unbranched alkanes of at least 4 members (excludes halogenated alkanes) is 1. The molecule has 0 bridgehead atoms. The number of benzene rings is 1. The number of ketones is 1. The topological polar surface area (TPSA) is 17.1 Å². The van der Waals surface area contributed by atoms with Crippen LogP contribution in [0.5, 0.6) is 0 Å². The molecule has 0 radical (unpaired) electrons. The zero-order valence-electron chi connectivity index (χ0n) is 8.00. The van der Waals surface area contributed by atoms with Crippen LogP contribution in [0.1, 0.15) is 29.6 Å². The zero-order valence-corrected chi connectivity index (χ0v) is 9.59. The van der Waals surface area contributed by atoms with Crippen LogP contribution in [0.15, 0.2) is 41.4 Å².